The van der Waals surface area contributed by atoms with Crippen molar-refractivity contribution in [3.63, 3.8) is 0 Å². The number of thiophene rings is 1. The van der Waals surface area contributed by atoms with E-state index in [-0.39, 0.29) is 22.7 Å². The van der Waals surface area contributed by atoms with Gasteiger partial charge >= 0.3 is 6.03 Å². The Balaban J connectivity index is 1.96. The Morgan fingerprint density at radius 3 is 2.91 bits per heavy atom. The highest BCUT2D eigenvalue weighted by Gasteiger charge is 2.29. The predicted molar refractivity (Wildman–Crippen MR) is 82.0 cm³/mol. The van der Waals surface area contributed by atoms with E-state index in [0.717, 1.165) is 16.2 Å². The lowest BCUT2D eigenvalue weighted by atomic mass is 10.2. The van der Waals surface area contributed by atoms with Gasteiger partial charge in [0.2, 0.25) is 15.9 Å². The number of urea groups is 1. The van der Waals surface area contributed by atoms with Gasteiger partial charge in [0, 0.05) is 18.0 Å². The van der Waals surface area contributed by atoms with Crippen LogP contribution in [0.4, 0.5) is 4.79 Å². The van der Waals surface area contributed by atoms with Gasteiger partial charge in [0.1, 0.15) is 10.3 Å². The number of nitrogens with zero attached hydrogens (tertiary/aromatic N) is 1. The van der Waals surface area contributed by atoms with Gasteiger partial charge in [-0.15, -0.1) is 11.3 Å². The number of carbonyl (C=O) groups is 2. The van der Waals surface area contributed by atoms with Crippen LogP contribution in [0.3, 0.4) is 0 Å². The Hall–Kier alpha value is -1.65. The first-order valence-corrected chi connectivity index (χ1v) is 8.99. The first-order chi connectivity index (χ1) is 10.3. The summed E-state index contributed by atoms with van der Waals surface area (Å²) in [5, 5.41) is 5.39. The van der Waals surface area contributed by atoms with Gasteiger partial charge in [-0.3, -0.25) is 4.79 Å². The quantitative estimate of drug-likeness (QED) is 0.695. The SMILES string of the molecule is CNS(=O)(=O)c1ccc(CNC(=O)N2CCNC(=O)C2C)s1. The van der Waals surface area contributed by atoms with Crippen LogP contribution in [0.15, 0.2) is 16.3 Å². The molecule has 1 unspecified atom stereocenters. The van der Waals surface area contributed by atoms with Crippen LogP contribution in [0.1, 0.15) is 11.8 Å². The van der Waals surface area contributed by atoms with E-state index in [1.54, 1.807) is 13.0 Å². The number of hydrogen-bond donors (Lipinski definition) is 3. The lowest BCUT2D eigenvalue weighted by Crippen LogP contribution is -2.58. The van der Waals surface area contributed by atoms with Crippen LogP contribution in [-0.2, 0) is 21.4 Å². The van der Waals surface area contributed by atoms with Crippen LogP contribution >= 0.6 is 11.3 Å². The summed E-state index contributed by atoms with van der Waals surface area (Å²) in [5.41, 5.74) is 0. The summed E-state index contributed by atoms with van der Waals surface area (Å²) < 4.78 is 25.7. The van der Waals surface area contributed by atoms with E-state index in [9.17, 15) is 18.0 Å². The highest BCUT2D eigenvalue weighted by molar-refractivity contribution is 7.91. The largest absolute Gasteiger partial charge is 0.353 e. The van der Waals surface area contributed by atoms with Crippen molar-refractivity contribution in [2.45, 2.75) is 23.7 Å². The van der Waals surface area contributed by atoms with E-state index in [0.29, 0.717) is 13.1 Å². The Morgan fingerprint density at radius 2 is 2.23 bits per heavy atom. The minimum absolute atomic E-state index is 0.181. The minimum atomic E-state index is -3.46. The summed E-state index contributed by atoms with van der Waals surface area (Å²) in [5.74, 6) is -0.181. The van der Waals surface area contributed by atoms with E-state index in [1.165, 1.54) is 18.0 Å². The molecular weight excluding hydrogens is 328 g/mol. The summed E-state index contributed by atoms with van der Waals surface area (Å²) >= 11 is 1.09. The van der Waals surface area contributed by atoms with Gasteiger partial charge in [-0.05, 0) is 26.1 Å². The Kier molecular flexibility index (Phi) is 5.04. The average molecular weight is 346 g/mol. The van der Waals surface area contributed by atoms with Crippen molar-refractivity contribution < 1.29 is 18.0 Å². The van der Waals surface area contributed by atoms with Crippen LogP contribution in [0.25, 0.3) is 0 Å². The molecule has 0 saturated carbocycles. The molecule has 1 atom stereocenters. The third-order valence-electron chi connectivity index (χ3n) is 3.34. The summed E-state index contributed by atoms with van der Waals surface area (Å²) in [6.45, 7) is 2.76. The fourth-order valence-corrected chi connectivity index (χ4v) is 4.16. The highest BCUT2D eigenvalue weighted by atomic mass is 32.2. The molecule has 2 rings (SSSR count). The van der Waals surface area contributed by atoms with Gasteiger partial charge in [0.05, 0.1) is 6.54 Å². The Bertz CT molecular complexity index is 670. The zero-order valence-corrected chi connectivity index (χ0v) is 13.9. The van der Waals surface area contributed by atoms with E-state index in [4.69, 9.17) is 0 Å². The predicted octanol–water partition coefficient (Wildman–Crippen LogP) is -0.314. The number of hydrogen-bond acceptors (Lipinski definition) is 5. The molecule has 2 heterocycles. The van der Waals surface area contributed by atoms with Crippen molar-refractivity contribution in [1.82, 2.24) is 20.3 Å². The second-order valence-electron chi connectivity index (χ2n) is 4.75. The zero-order chi connectivity index (χ0) is 16.3. The molecule has 22 heavy (non-hydrogen) atoms. The van der Waals surface area contributed by atoms with E-state index >= 15 is 0 Å². The normalized spacial score (nSPS) is 18.9. The molecule has 122 valence electrons. The number of carbonyl (C=O) groups excluding carboxylic acids is 2. The molecule has 1 saturated heterocycles. The number of rotatable bonds is 4. The van der Waals surface area contributed by atoms with Crippen molar-refractivity contribution in [1.29, 1.82) is 0 Å². The first-order valence-electron chi connectivity index (χ1n) is 6.69. The molecule has 0 bridgehead atoms. The molecular formula is C12H18N4O4S2. The van der Waals surface area contributed by atoms with E-state index < -0.39 is 16.1 Å². The average Bonchev–Trinajstić information content (AvgIpc) is 2.97. The third kappa shape index (κ3) is 3.57. The summed E-state index contributed by atoms with van der Waals surface area (Å²) in [4.78, 5) is 25.8. The monoisotopic (exact) mass is 346 g/mol. The first kappa shape index (κ1) is 16.7. The van der Waals surface area contributed by atoms with Gasteiger partial charge < -0.3 is 15.5 Å². The molecule has 0 aromatic carbocycles. The van der Waals surface area contributed by atoms with Gasteiger partial charge in [-0.25, -0.2) is 17.9 Å². The Labute approximate surface area is 132 Å². The molecule has 10 heteroatoms. The summed E-state index contributed by atoms with van der Waals surface area (Å²) in [6, 6.07) is 2.29. The molecule has 3 amide bonds. The van der Waals surface area contributed by atoms with Crippen molar-refractivity contribution >= 4 is 33.3 Å². The van der Waals surface area contributed by atoms with Crippen LogP contribution < -0.4 is 15.4 Å². The van der Waals surface area contributed by atoms with Gasteiger partial charge in [0.25, 0.3) is 0 Å². The Morgan fingerprint density at radius 1 is 1.50 bits per heavy atom. The van der Waals surface area contributed by atoms with Crippen molar-refractivity contribution in [2.75, 3.05) is 20.1 Å². The number of amides is 3. The van der Waals surface area contributed by atoms with Crippen LogP contribution in [-0.4, -0.2) is 51.4 Å². The second-order valence-corrected chi connectivity index (χ2v) is 8.03. The maximum Gasteiger partial charge on any atom is 0.318 e. The van der Waals surface area contributed by atoms with E-state index in [1.807, 2.05) is 0 Å². The lowest BCUT2D eigenvalue weighted by molar-refractivity contribution is -0.126. The molecule has 1 fully saturated rings. The fourth-order valence-electron chi connectivity index (χ4n) is 2.02. The molecule has 0 radical (unpaired) electrons. The third-order valence-corrected chi connectivity index (χ3v) is 6.34. The van der Waals surface area contributed by atoms with Gasteiger partial charge in [-0.1, -0.05) is 0 Å². The highest BCUT2D eigenvalue weighted by Crippen LogP contribution is 2.21. The summed E-state index contributed by atoms with van der Waals surface area (Å²) in [7, 11) is -2.11. The minimum Gasteiger partial charge on any atom is -0.353 e. The molecule has 0 aliphatic carbocycles. The molecule has 1 aliphatic rings. The van der Waals surface area contributed by atoms with Gasteiger partial charge in [0.15, 0.2) is 0 Å². The molecule has 0 spiro atoms. The maximum absolute atomic E-state index is 12.1. The van der Waals surface area contributed by atoms with Crippen LogP contribution in [0.5, 0.6) is 0 Å². The lowest BCUT2D eigenvalue weighted by Gasteiger charge is -2.32. The van der Waals surface area contributed by atoms with Crippen molar-refractivity contribution in [3.8, 4) is 0 Å². The molecule has 1 aromatic heterocycles. The van der Waals surface area contributed by atoms with Crippen LogP contribution in [0.2, 0.25) is 0 Å². The maximum atomic E-state index is 12.1. The van der Waals surface area contributed by atoms with Gasteiger partial charge in [-0.2, -0.15) is 0 Å². The van der Waals surface area contributed by atoms with Crippen LogP contribution in [0, 0.1) is 0 Å². The number of nitrogens with one attached hydrogen (secondary N) is 3. The molecule has 3 N–H and O–H groups in total. The molecule has 8 nitrogen and oxygen atoms in total. The van der Waals surface area contributed by atoms with Crippen molar-refractivity contribution in [3.05, 3.63) is 17.0 Å². The van der Waals surface area contributed by atoms with E-state index in [2.05, 4.69) is 15.4 Å². The summed E-state index contributed by atoms with van der Waals surface area (Å²) in [6.07, 6.45) is 0. The topological polar surface area (TPSA) is 108 Å². The molecule has 1 aromatic rings. The fraction of sp³-hybridized carbons (Fsp3) is 0.500. The number of sulfonamides is 1. The zero-order valence-electron chi connectivity index (χ0n) is 12.3. The number of piperazine rings is 1. The second kappa shape index (κ2) is 6.63. The molecule has 1 aliphatic heterocycles. The van der Waals surface area contributed by atoms with Crippen molar-refractivity contribution in [2.24, 2.45) is 0 Å². The standard InChI is InChI=1S/C12H18N4O4S2/c1-8-11(17)14-5-6-16(8)12(18)15-7-9-3-4-10(21-9)22(19,20)13-2/h3-4,8,13H,5-7H2,1-2H3,(H,14,17)(H,15,18). The smallest absolute Gasteiger partial charge is 0.318 e.